The van der Waals surface area contributed by atoms with E-state index in [0.717, 1.165) is 65.9 Å². The molecule has 3 saturated heterocycles. The quantitative estimate of drug-likeness (QED) is 0.245. The number of benzene rings is 3. The van der Waals surface area contributed by atoms with Gasteiger partial charge in [0.1, 0.15) is 6.54 Å². The van der Waals surface area contributed by atoms with Crippen LogP contribution in [-0.2, 0) is 41.6 Å². The molecule has 0 bridgehead atoms. The molecule has 1 spiro atoms. The Balaban J connectivity index is 1.13. The van der Waals surface area contributed by atoms with E-state index in [1.807, 2.05) is 60.7 Å². The number of carbonyl (C=O) groups excluding carboxylic acids is 2. The van der Waals surface area contributed by atoms with Crippen LogP contribution in [0.2, 0.25) is 0 Å². The van der Waals surface area contributed by atoms with Crippen molar-refractivity contribution in [1.29, 1.82) is 0 Å². The Morgan fingerprint density at radius 1 is 0.898 bits per heavy atom. The van der Waals surface area contributed by atoms with E-state index in [1.54, 1.807) is 6.92 Å². The predicted molar refractivity (Wildman–Crippen MR) is 182 cm³/mol. The number of rotatable bonds is 11. The molecule has 3 aliphatic heterocycles. The van der Waals surface area contributed by atoms with Gasteiger partial charge in [-0.25, -0.2) is 4.79 Å². The van der Waals surface area contributed by atoms with Crippen molar-refractivity contribution in [3.63, 3.8) is 0 Å². The smallest absolute Gasteiger partial charge is 0.325 e. The van der Waals surface area contributed by atoms with Crippen LogP contribution in [0.25, 0.3) is 11.1 Å². The number of ether oxygens (including phenoxy) is 5. The topological polar surface area (TPSA) is 128 Å². The van der Waals surface area contributed by atoms with E-state index in [2.05, 4.69) is 34.6 Å². The molecule has 3 aliphatic rings. The van der Waals surface area contributed by atoms with E-state index < -0.39 is 24.1 Å². The first kappa shape index (κ1) is 35.0. The predicted octanol–water partition coefficient (Wildman–Crippen LogP) is 4.84. The average molecular weight is 674 g/mol. The van der Waals surface area contributed by atoms with Gasteiger partial charge in [0.15, 0.2) is 12.1 Å². The van der Waals surface area contributed by atoms with Gasteiger partial charge in [-0.05, 0) is 40.8 Å². The van der Waals surface area contributed by atoms with E-state index in [-0.39, 0.29) is 37.9 Å². The third kappa shape index (κ3) is 8.85. The molecule has 3 aromatic rings. The van der Waals surface area contributed by atoms with Crippen LogP contribution in [0.1, 0.15) is 61.3 Å². The molecular formula is C38H47N3O8. The van der Waals surface area contributed by atoms with E-state index in [4.69, 9.17) is 23.7 Å². The van der Waals surface area contributed by atoms with Crippen molar-refractivity contribution in [2.24, 2.45) is 5.92 Å². The summed E-state index contributed by atoms with van der Waals surface area (Å²) < 4.78 is 30.2. The molecule has 11 nitrogen and oxygen atoms in total. The second-order valence-corrected chi connectivity index (χ2v) is 12.9. The highest BCUT2D eigenvalue weighted by Crippen LogP contribution is 2.42. The molecule has 0 saturated carbocycles. The number of esters is 1. The number of likely N-dealkylation sites (tertiary alicyclic amines) is 1. The van der Waals surface area contributed by atoms with Gasteiger partial charge in [-0.15, -0.1) is 0 Å². The lowest BCUT2D eigenvalue weighted by molar-refractivity contribution is -0.278. The molecule has 3 N–H and O–H groups in total. The minimum absolute atomic E-state index is 0.00216. The molecular weight excluding hydrogens is 626 g/mol. The zero-order valence-corrected chi connectivity index (χ0v) is 28.3. The van der Waals surface area contributed by atoms with Crippen LogP contribution < -0.4 is 10.6 Å². The standard InChI is InChI=1S/C38H47N3O8/c1-3-45-34(43)23-40-37(44)39-22-28-5-4-6-32(21-28)29-11-13-31(14-12-29)36-48-33(24-41-17-15-38(16-18-41)46-19-20-47-38)26(2)35(49-36)30-9-7-27(25-42)8-10-30/h4-14,21,26,33,35-36,42H,3,15-20,22-25H2,1-2H3,(H2,39,40,44)/t26-,33+,35+,36+/m1/s1. The van der Waals surface area contributed by atoms with Crippen LogP contribution in [-0.4, -0.2) is 79.9 Å². The first-order valence-corrected chi connectivity index (χ1v) is 17.2. The Hall–Kier alpha value is -3.84. The molecule has 0 unspecified atom stereocenters. The number of hydrogen-bond acceptors (Lipinski definition) is 9. The molecule has 4 atom stereocenters. The molecule has 3 heterocycles. The largest absolute Gasteiger partial charge is 0.465 e. The second kappa shape index (κ2) is 16.2. The first-order chi connectivity index (χ1) is 23.8. The molecule has 49 heavy (non-hydrogen) atoms. The van der Waals surface area contributed by atoms with Gasteiger partial charge in [0.05, 0.1) is 38.6 Å². The van der Waals surface area contributed by atoms with Gasteiger partial charge in [-0.3, -0.25) is 4.79 Å². The first-order valence-electron chi connectivity index (χ1n) is 17.2. The van der Waals surface area contributed by atoms with Gasteiger partial charge in [0.25, 0.3) is 0 Å². The molecule has 0 aromatic heterocycles. The maximum Gasteiger partial charge on any atom is 0.325 e. The van der Waals surface area contributed by atoms with Gasteiger partial charge in [0, 0.05) is 50.5 Å². The SMILES string of the molecule is CCOC(=O)CNC(=O)NCc1cccc(-c2ccc([C@H]3O[C@@H](CN4CCC5(CC4)OCCO5)[C@@H](C)[C@@H](c4ccc(CO)cc4)O3)cc2)c1. The van der Waals surface area contributed by atoms with Crippen molar-refractivity contribution in [2.45, 2.75) is 64.1 Å². The minimum atomic E-state index is -0.556. The highest BCUT2D eigenvalue weighted by molar-refractivity contribution is 5.80. The van der Waals surface area contributed by atoms with Gasteiger partial charge in [-0.1, -0.05) is 73.7 Å². The van der Waals surface area contributed by atoms with E-state index in [0.29, 0.717) is 19.8 Å². The summed E-state index contributed by atoms with van der Waals surface area (Å²) in [5.41, 5.74) is 5.81. The van der Waals surface area contributed by atoms with Crippen LogP contribution in [0.4, 0.5) is 4.79 Å². The Morgan fingerprint density at radius 2 is 1.61 bits per heavy atom. The molecule has 0 radical (unpaired) electrons. The fraction of sp³-hybridized carbons (Fsp3) is 0.474. The lowest BCUT2D eigenvalue weighted by atomic mass is 9.89. The lowest BCUT2D eigenvalue weighted by Gasteiger charge is -2.44. The molecule has 2 amide bonds. The third-order valence-electron chi connectivity index (χ3n) is 9.59. The highest BCUT2D eigenvalue weighted by Gasteiger charge is 2.43. The fourth-order valence-corrected chi connectivity index (χ4v) is 6.75. The number of aliphatic hydroxyl groups is 1. The number of nitrogens with one attached hydrogen (secondary N) is 2. The molecule has 3 fully saturated rings. The van der Waals surface area contributed by atoms with Crippen LogP contribution in [0.5, 0.6) is 0 Å². The molecule has 262 valence electrons. The van der Waals surface area contributed by atoms with Crippen LogP contribution in [0.15, 0.2) is 72.8 Å². The Bertz CT molecular complexity index is 1530. The summed E-state index contributed by atoms with van der Waals surface area (Å²) in [5, 5.41) is 14.9. The zero-order chi connectivity index (χ0) is 34.2. The van der Waals surface area contributed by atoms with Crippen molar-refractivity contribution >= 4 is 12.0 Å². The Labute approximate surface area is 287 Å². The van der Waals surface area contributed by atoms with E-state index >= 15 is 0 Å². The fourth-order valence-electron chi connectivity index (χ4n) is 6.75. The zero-order valence-electron chi connectivity index (χ0n) is 28.3. The normalized spacial score (nSPS) is 23.7. The molecule has 0 aliphatic carbocycles. The van der Waals surface area contributed by atoms with E-state index in [9.17, 15) is 14.7 Å². The van der Waals surface area contributed by atoms with Crippen molar-refractivity contribution in [3.8, 4) is 11.1 Å². The minimum Gasteiger partial charge on any atom is -0.465 e. The highest BCUT2D eigenvalue weighted by atomic mass is 16.7. The van der Waals surface area contributed by atoms with Crippen molar-refractivity contribution in [1.82, 2.24) is 15.5 Å². The monoisotopic (exact) mass is 673 g/mol. The van der Waals surface area contributed by atoms with Gasteiger partial charge in [0.2, 0.25) is 0 Å². The average Bonchev–Trinajstić information content (AvgIpc) is 3.60. The van der Waals surface area contributed by atoms with Crippen molar-refractivity contribution < 1.29 is 38.4 Å². The molecule has 6 rings (SSSR count). The lowest BCUT2D eigenvalue weighted by Crippen LogP contribution is -2.50. The number of piperidine rings is 1. The molecule has 3 aromatic carbocycles. The summed E-state index contributed by atoms with van der Waals surface area (Å²) in [7, 11) is 0. The summed E-state index contributed by atoms with van der Waals surface area (Å²) in [4.78, 5) is 26.1. The van der Waals surface area contributed by atoms with Crippen molar-refractivity contribution in [3.05, 3.63) is 95.1 Å². The summed E-state index contributed by atoms with van der Waals surface area (Å²) >= 11 is 0. The number of aliphatic hydroxyl groups excluding tert-OH is 1. The Morgan fingerprint density at radius 3 is 2.31 bits per heavy atom. The number of hydrogen-bond donors (Lipinski definition) is 3. The molecule has 11 heteroatoms. The summed E-state index contributed by atoms with van der Waals surface area (Å²) in [6.07, 6.45) is 0.883. The summed E-state index contributed by atoms with van der Waals surface area (Å²) in [6.45, 7) is 8.18. The number of nitrogens with zero attached hydrogens (tertiary/aromatic N) is 1. The maximum atomic E-state index is 12.1. The number of carbonyl (C=O) groups is 2. The summed E-state index contributed by atoms with van der Waals surface area (Å²) in [5.74, 6) is -0.806. The van der Waals surface area contributed by atoms with Crippen LogP contribution in [0, 0.1) is 5.92 Å². The third-order valence-corrected chi connectivity index (χ3v) is 9.59. The van der Waals surface area contributed by atoms with Gasteiger partial charge in [-0.2, -0.15) is 0 Å². The van der Waals surface area contributed by atoms with Crippen molar-refractivity contribution in [2.75, 3.05) is 46.0 Å². The number of urea groups is 1. The van der Waals surface area contributed by atoms with Crippen LogP contribution >= 0.6 is 0 Å². The van der Waals surface area contributed by atoms with Gasteiger partial charge >= 0.3 is 12.0 Å². The second-order valence-electron chi connectivity index (χ2n) is 12.9. The Kier molecular flexibility index (Phi) is 11.6. The van der Waals surface area contributed by atoms with Crippen LogP contribution in [0.3, 0.4) is 0 Å². The van der Waals surface area contributed by atoms with Gasteiger partial charge < -0.3 is 44.3 Å². The maximum absolute atomic E-state index is 12.1. The van der Waals surface area contributed by atoms with E-state index in [1.165, 1.54) is 0 Å². The number of amides is 2. The summed E-state index contributed by atoms with van der Waals surface area (Å²) in [6, 6.07) is 23.7.